The SMILES string of the molecule is CC(=O)[O-].CCCCCCCCCCCCCCCCC=C[NH3+]. The predicted octanol–water partition coefficient (Wildman–Crippen LogP) is 4.37. The maximum absolute atomic E-state index is 8.89. The number of aliphatic carboxylic acids is 1. The molecule has 0 saturated heterocycles. The summed E-state index contributed by atoms with van der Waals surface area (Å²) >= 11 is 0. The third-order valence-electron chi connectivity index (χ3n) is 3.89. The number of allylic oxidation sites excluding steroid dienone is 1. The first-order valence-corrected chi connectivity index (χ1v) is 9.77. The number of unbranched alkanes of at least 4 members (excludes halogenated alkanes) is 14. The molecule has 0 spiro atoms. The van der Waals surface area contributed by atoms with Gasteiger partial charge < -0.3 is 15.6 Å². The monoisotopic (exact) mass is 327 g/mol. The van der Waals surface area contributed by atoms with Gasteiger partial charge in [-0.05, 0) is 25.8 Å². The Bertz CT molecular complexity index is 248. The lowest BCUT2D eigenvalue weighted by molar-refractivity contribution is -0.302. The molecule has 0 bridgehead atoms. The van der Waals surface area contributed by atoms with E-state index in [1.165, 1.54) is 96.3 Å². The van der Waals surface area contributed by atoms with E-state index in [1.807, 2.05) is 6.20 Å². The van der Waals surface area contributed by atoms with E-state index >= 15 is 0 Å². The summed E-state index contributed by atoms with van der Waals surface area (Å²) in [4.78, 5) is 8.89. The fourth-order valence-electron chi connectivity index (χ4n) is 2.57. The lowest BCUT2D eigenvalue weighted by Crippen LogP contribution is -2.39. The minimum Gasteiger partial charge on any atom is -0.550 e. The van der Waals surface area contributed by atoms with Gasteiger partial charge in [-0.2, -0.15) is 0 Å². The number of carboxylic acid groups (broad SMARTS) is 1. The molecule has 0 saturated carbocycles. The highest BCUT2D eigenvalue weighted by molar-refractivity contribution is 5.60. The zero-order valence-corrected chi connectivity index (χ0v) is 15.8. The zero-order valence-electron chi connectivity index (χ0n) is 15.8. The van der Waals surface area contributed by atoms with Crippen molar-refractivity contribution in [2.24, 2.45) is 0 Å². The molecule has 0 unspecified atom stereocenters. The summed E-state index contributed by atoms with van der Waals surface area (Å²) < 4.78 is 0. The van der Waals surface area contributed by atoms with Crippen LogP contribution in [0.4, 0.5) is 0 Å². The van der Waals surface area contributed by atoms with E-state index in [-0.39, 0.29) is 0 Å². The van der Waals surface area contributed by atoms with E-state index in [4.69, 9.17) is 9.90 Å². The molecule has 3 nitrogen and oxygen atoms in total. The first-order valence-electron chi connectivity index (χ1n) is 9.77. The molecular weight excluding hydrogens is 286 g/mol. The highest BCUT2D eigenvalue weighted by Gasteiger charge is 1.93. The third kappa shape index (κ3) is 33.8. The Morgan fingerprint density at radius 2 is 1.09 bits per heavy atom. The van der Waals surface area contributed by atoms with Gasteiger partial charge in [-0.25, -0.2) is 0 Å². The van der Waals surface area contributed by atoms with Gasteiger partial charge in [0.1, 0.15) is 0 Å². The summed E-state index contributed by atoms with van der Waals surface area (Å²) in [6, 6.07) is 0. The first-order chi connectivity index (χ1) is 11.1. The van der Waals surface area contributed by atoms with Gasteiger partial charge in [-0.3, -0.25) is 0 Å². The van der Waals surface area contributed by atoms with Crippen molar-refractivity contribution in [3.05, 3.63) is 12.3 Å². The molecule has 3 N–H and O–H groups in total. The molecular formula is C20H41NO2. The largest absolute Gasteiger partial charge is 0.550 e. The molecule has 0 heterocycles. The van der Waals surface area contributed by atoms with Gasteiger partial charge in [0, 0.05) is 5.97 Å². The van der Waals surface area contributed by atoms with Crippen LogP contribution in [-0.4, -0.2) is 5.97 Å². The number of carboxylic acids is 1. The number of quaternary nitrogens is 1. The van der Waals surface area contributed by atoms with E-state index in [2.05, 4.69) is 18.7 Å². The van der Waals surface area contributed by atoms with Crippen molar-refractivity contribution in [3.8, 4) is 0 Å². The Balaban J connectivity index is 0. The zero-order chi connectivity index (χ0) is 17.6. The number of carbonyl (C=O) groups is 1. The predicted molar refractivity (Wildman–Crippen MR) is 97.6 cm³/mol. The second kappa shape index (κ2) is 23.4. The topological polar surface area (TPSA) is 67.8 Å². The Kier molecular flexibility index (Phi) is 24.9. The van der Waals surface area contributed by atoms with Gasteiger partial charge in [0.2, 0.25) is 0 Å². The average molecular weight is 328 g/mol. The quantitative estimate of drug-likeness (QED) is 0.454. The minimum absolute atomic E-state index is 0.972. The molecule has 0 aliphatic carbocycles. The van der Waals surface area contributed by atoms with Crippen LogP contribution in [0.3, 0.4) is 0 Å². The summed E-state index contributed by atoms with van der Waals surface area (Å²) in [5, 5.41) is 8.89. The van der Waals surface area contributed by atoms with E-state index in [0.717, 1.165) is 6.92 Å². The maximum atomic E-state index is 8.89. The highest BCUT2D eigenvalue weighted by Crippen LogP contribution is 2.13. The molecule has 138 valence electrons. The van der Waals surface area contributed by atoms with Gasteiger partial charge >= 0.3 is 0 Å². The van der Waals surface area contributed by atoms with Crippen molar-refractivity contribution in [2.75, 3.05) is 0 Å². The summed E-state index contributed by atoms with van der Waals surface area (Å²) in [6.07, 6.45) is 25.5. The van der Waals surface area contributed by atoms with Crippen LogP contribution in [0.2, 0.25) is 0 Å². The van der Waals surface area contributed by atoms with Crippen LogP contribution in [0.15, 0.2) is 12.3 Å². The van der Waals surface area contributed by atoms with Crippen LogP contribution in [0.1, 0.15) is 110 Å². The molecule has 0 aromatic carbocycles. The average Bonchev–Trinajstić information content (AvgIpc) is 2.50. The Labute approximate surface area is 144 Å². The molecule has 0 atom stereocenters. The van der Waals surface area contributed by atoms with Gasteiger partial charge in [-0.1, -0.05) is 90.4 Å². The highest BCUT2D eigenvalue weighted by atomic mass is 16.4. The molecule has 0 aromatic heterocycles. The molecule has 3 heteroatoms. The van der Waals surface area contributed by atoms with Crippen molar-refractivity contribution >= 4 is 5.97 Å². The normalized spacial score (nSPS) is 10.6. The van der Waals surface area contributed by atoms with Crippen LogP contribution in [0, 0.1) is 0 Å². The van der Waals surface area contributed by atoms with Crippen molar-refractivity contribution in [3.63, 3.8) is 0 Å². The molecule has 0 aliphatic heterocycles. The van der Waals surface area contributed by atoms with Gasteiger partial charge in [0.15, 0.2) is 0 Å². The van der Waals surface area contributed by atoms with Crippen LogP contribution < -0.4 is 10.8 Å². The second-order valence-corrected chi connectivity index (χ2v) is 6.35. The van der Waals surface area contributed by atoms with Crippen molar-refractivity contribution in [2.45, 2.75) is 110 Å². The van der Waals surface area contributed by atoms with Crippen molar-refractivity contribution in [1.29, 1.82) is 0 Å². The molecule has 0 aliphatic rings. The third-order valence-corrected chi connectivity index (χ3v) is 3.89. The maximum Gasteiger partial charge on any atom is 0.0868 e. The van der Waals surface area contributed by atoms with E-state index in [1.54, 1.807) is 0 Å². The van der Waals surface area contributed by atoms with Gasteiger partial charge in [-0.15, -0.1) is 0 Å². The van der Waals surface area contributed by atoms with E-state index < -0.39 is 5.97 Å². The number of carbonyl (C=O) groups excluding carboxylic acids is 1. The fourth-order valence-corrected chi connectivity index (χ4v) is 2.57. The summed E-state index contributed by atoms with van der Waals surface area (Å²) in [5.74, 6) is -1.08. The Hall–Kier alpha value is -0.830. The molecule has 0 amide bonds. The molecule has 23 heavy (non-hydrogen) atoms. The van der Waals surface area contributed by atoms with Crippen molar-refractivity contribution in [1.82, 2.24) is 0 Å². The van der Waals surface area contributed by atoms with Crippen LogP contribution in [0.25, 0.3) is 0 Å². The summed E-state index contributed by atoms with van der Waals surface area (Å²) in [6.45, 7) is 3.26. The van der Waals surface area contributed by atoms with E-state index in [9.17, 15) is 0 Å². The smallest absolute Gasteiger partial charge is 0.0868 e. The number of rotatable bonds is 15. The lowest BCUT2D eigenvalue weighted by Gasteiger charge is -2.02. The van der Waals surface area contributed by atoms with Gasteiger partial charge in [0.25, 0.3) is 0 Å². The second-order valence-electron chi connectivity index (χ2n) is 6.35. The van der Waals surface area contributed by atoms with Crippen LogP contribution in [-0.2, 0) is 4.79 Å². The summed E-state index contributed by atoms with van der Waals surface area (Å²) in [5.41, 5.74) is 3.71. The molecule has 0 radical (unpaired) electrons. The Morgan fingerprint density at radius 3 is 1.39 bits per heavy atom. The van der Waals surface area contributed by atoms with Crippen molar-refractivity contribution < 1.29 is 15.6 Å². The molecule has 0 fully saturated rings. The van der Waals surface area contributed by atoms with E-state index in [0.29, 0.717) is 0 Å². The first kappa shape index (κ1) is 24.4. The minimum atomic E-state index is -1.08. The lowest BCUT2D eigenvalue weighted by atomic mass is 10.0. The summed E-state index contributed by atoms with van der Waals surface area (Å²) in [7, 11) is 0. The molecule has 0 rings (SSSR count). The number of hydrogen-bond acceptors (Lipinski definition) is 2. The van der Waals surface area contributed by atoms with Crippen LogP contribution in [0.5, 0.6) is 0 Å². The Morgan fingerprint density at radius 1 is 0.783 bits per heavy atom. The van der Waals surface area contributed by atoms with Gasteiger partial charge in [0.05, 0.1) is 6.20 Å². The fraction of sp³-hybridized carbons (Fsp3) is 0.850. The molecule has 0 aromatic rings. The number of hydrogen-bond donors (Lipinski definition) is 1. The van der Waals surface area contributed by atoms with Crippen LogP contribution >= 0.6 is 0 Å². The standard InChI is InChI=1S/C18H37N.C2H4O2/c1-2-3-4-5-6-7-8-9-10-11-12-13-14-15-16-17-18-19;1-2(3)4/h17-18H,2-16,19H2,1H3;1H3,(H,3,4).